The van der Waals surface area contributed by atoms with Gasteiger partial charge in [0.2, 0.25) is 0 Å². The molecule has 34 heavy (non-hydrogen) atoms. The van der Waals surface area contributed by atoms with Crippen molar-refractivity contribution in [1.82, 2.24) is 24.5 Å². The highest BCUT2D eigenvalue weighted by molar-refractivity contribution is 6.35. The van der Waals surface area contributed by atoms with Crippen molar-refractivity contribution in [1.29, 1.82) is 0 Å². The van der Waals surface area contributed by atoms with Gasteiger partial charge in [0.1, 0.15) is 29.3 Å². The van der Waals surface area contributed by atoms with Gasteiger partial charge in [0.15, 0.2) is 11.5 Å². The highest BCUT2D eigenvalue weighted by Gasteiger charge is 2.23. The number of imidazole rings is 1. The third-order valence-electron chi connectivity index (χ3n) is 5.55. The van der Waals surface area contributed by atoms with Crippen LogP contribution in [-0.2, 0) is 0 Å². The van der Waals surface area contributed by atoms with Crippen LogP contribution in [0.4, 0.5) is 19.0 Å². The summed E-state index contributed by atoms with van der Waals surface area (Å²) in [5, 5.41) is 3.12. The molecule has 3 aromatic heterocycles. The van der Waals surface area contributed by atoms with E-state index in [4.69, 9.17) is 11.6 Å². The lowest BCUT2D eigenvalue weighted by molar-refractivity contribution is 0.572. The van der Waals surface area contributed by atoms with E-state index in [1.54, 1.807) is 6.07 Å². The number of H-pyrrole nitrogens is 1. The summed E-state index contributed by atoms with van der Waals surface area (Å²) >= 11 is 6.12. The fourth-order valence-electron chi connectivity index (χ4n) is 3.94. The van der Waals surface area contributed by atoms with Crippen molar-refractivity contribution in [2.45, 2.75) is 19.4 Å². The smallest absolute Gasteiger partial charge is 0.264 e. The second-order valence-electron chi connectivity index (χ2n) is 7.56. The molecule has 5 rings (SSSR count). The van der Waals surface area contributed by atoms with Gasteiger partial charge in [-0.3, -0.25) is 9.36 Å². The van der Waals surface area contributed by atoms with Crippen LogP contribution < -0.4 is 10.9 Å². The second kappa shape index (κ2) is 8.45. The summed E-state index contributed by atoms with van der Waals surface area (Å²) in [4.78, 5) is 29.1. The monoisotopic (exact) mass is 484 g/mol. The minimum Gasteiger partial charge on any atom is -0.360 e. The number of hydrogen-bond acceptors (Lipinski definition) is 5. The van der Waals surface area contributed by atoms with E-state index >= 15 is 0 Å². The number of fused-ring (bicyclic) bond motifs is 2. The first-order valence-corrected chi connectivity index (χ1v) is 10.7. The number of anilines is 1. The van der Waals surface area contributed by atoms with Gasteiger partial charge in [-0.25, -0.2) is 28.1 Å². The Morgan fingerprint density at radius 1 is 1.09 bits per heavy atom. The summed E-state index contributed by atoms with van der Waals surface area (Å²) in [5.41, 5.74) is 0.395. The summed E-state index contributed by atoms with van der Waals surface area (Å²) in [7, 11) is 0. The molecule has 2 aromatic carbocycles. The van der Waals surface area contributed by atoms with Gasteiger partial charge in [-0.2, -0.15) is 0 Å². The van der Waals surface area contributed by atoms with Crippen molar-refractivity contribution >= 4 is 39.4 Å². The standard InChI is InChI=1S/C23H16ClF3N6O/c1-2-15(32-22-20-21(29-9-28-20)30-10-31-22)17-7-11-3-5-13(26)19(24)18(11)23(34)33(17)16-6-4-12(25)8-14(16)27/h3-10,15H,2H2,1H3,(H2,28,29,30,31,32)/t15-/m0/s1. The van der Waals surface area contributed by atoms with Crippen molar-refractivity contribution in [2.24, 2.45) is 0 Å². The summed E-state index contributed by atoms with van der Waals surface area (Å²) in [6.07, 6.45) is 3.27. The lowest BCUT2D eigenvalue weighted by Crippen LogP contribution is -2.27. The summed E-state index contributed by atoms with van der Waals surface area (Å²) < 4.78 is 43.8. The van der Waals surface area contributed by atoms with Crippen molar-refractivity contribution < 1.29 is 13.2 Å². The van der Waals surface area contributed by atoms with Crippen molar-refractivity contribution in [3.05, 3.63) is 87.6 Å². The first kappa shape index (κ1) is 21.9. The zero-order valence-corrected chi connectivity index (χ0v) is 18.4. The quantitative estimate of drug-likeness (QED) is 0.354. The van der Waals surface area contributed by atoms with Crippen LogP contribution in [0.5, 0.6) is 0 Å². The molecule has 0 aliphatic heterocycles. The van der Waals surface area contributed by atoms with E-state index in [2.05, 4.69) is 25.3 Å². The Balaban J connectivity index is 1.78. The van der Waals surface area contributed by atoms with E-state index in [-0.39, 0.29) is 16.1 Å². The van der Waals surface area contributed by atoms with Gasteiger partial charge in [-0.15, -0.1) is 0 Å². The van der Waals surface area contributed by atoms with Crippen LogP contribution in [0.15, 0.2) is 53.8 Å². The molecule has 0 saturated heterocycles. The molecule has 0 bridgehead atoms. The normalized spacial score (nSPS) is 12.4. The number of halogens is 4. The molecular weight excluding hydrogens is 469 g/mol. The molecule has 0 unspecified atom stereocenters. The molecule has 5 aromatic rings. The van der Waals surface area contributed by atoms with E-state index < -0.39 is 29.1 Å². The SMILES string of the molecule is CC[C@H](Nc1ncnc2[nH]cnc12)c1cc2ccc(F)c(Cl)c2c(=O)n1-c1ccc(F)cc1F. The van der Waals surface area contributed by atoms with Gasteiger partial charge in [-0.1, -0.05) is 24.6 Å². The predicted octanol–water partition coefficient (Wildman–Crippen LogP) is 5.29. The molecule has 0 spiro atoms. The van der Waals surface area contributed by atoms with Gasteiger partial charge in [0, 0.05) is 11.8 Å². The fraction of sp³-hybridized carbons (Fsp3) is 0.130. The largest absolute Gasteiger partial charge is 0.360 e. The summed E-state index contributed by atoms with van der Waals surface area (Å²) in [5.74, 6) is -2.14. The number of pyridine rings is 1. The lowest BCUT2D eigenvalue weighted by Gasteiger charge is -2.24. The maximum absolute atomic E-state index is 14.9. The van der Waals surface area contributed by atoms with Gasteiger partial charge < -0.3 is 10.3 Å². The first-order chi connectivity index (χ1) is 16.4. The Hall–Kier alpha value is -3.92. The number of benzene rings is 2. The molecule has 0 aliphatic rings. The second-order valence-corrected chi connectivity index (χ2v) is 7.94. The third-order valence-corrected chi connectivity index (χ3v) is 5.92. The molecule has 172 valence electrons. The van der Waals surface area contributed by atoms with Crippen LogP contribution in [0, 0.1) is 17.5 Å². The van der Waals surface area contributed by atoms with Crippen molar-refractivity contribution in [2.75, 3.05) is 5.32 Å². The molecule has 0 amide bonds. The van der Waals surface area contributed by atoms with E-state index in [0.717, 1.165) is 22.8 Å². The molecule has 2 N–H and O–H groups in total. The maximum Gasteiger partial charge on any atom is 0.264 e. The Labute approximate surface area is 195 Å². The first-order valence-electron chi connectivity index (χ1n) is 10.3. The Kier molecular flexibility index (Phi) is 5.45. The molecule has 0 aliphatic carbocycles. The van der Waals surface area contributed by atoms with Crippen LogP contribution in [-0.4, -0.2) is 24.5 Å². The van der Waals surface area contributed by atoms with Gasteiger partial charge in [-0.05, 0) is 36.1 Å². The van der Waals surface area contributed by atoms with E-state index in [1.807, 2.05) is 6.92 Å². The Morgan fingerprint density at radius 3 is 2.68 bits per heavy atom. The summed E-state index contributed by atoms with van der Waals surface area (Å²) in [6.45, 7) is 1.86. The van der Waals surface area contributed by atoms with E-state index in [9.17, 15) is 18.0 Å². The average molecular weight is 485 g/mol. The van der Waals surface area contributed by atoms with Gasteiger partial charge in [0.25, 0.3) is 5.56 Å². The molecule has 0 radical (unpaired) electrons. The van der Waals surface area contributed by atoms with Crippen LogP contribution in [0.3, 0.4) is 0 Å². The molecule has 0 saturated carbocycles. The minimum atomic E-state index is -0.957. The van der Waals surface area contributed by atoms with Gasteiger partial charge in [0.05, 0.1) is 28.5 Å². The zero-order chi connectivity index (χ0) is 24.0. The third kappa shape index (κ3) is 3.56. The number of nitrogens with zero attached hydrogens (tertiary/aromatic N) is 4. The number of nitrogens with one attached hydrogen (secondary N) is 2. The minimum absolute atomic E-state index is 0.110. The highest BCUT2D eigenvalue weighted by Crippen LogP contribution is 2.31. The summed E-state index contributed by atoms with van der Waals surface area (Å²) in [6, 6.07) is 6.50. The number of aromatic nitrogens is 5. The van der Waals surface area contributed by atoms with E-state index in [1.165, 1.54) is 18.7 Å². The van der Waals surface area contributed by atoms with Crippen LogP contribution in [0.25, 0.3) is 27.6 Å². The molecule has 7 nitrogen and oxygen atoms in total. The highest BCUT2D eigenvalue weighted by atomic mass is 35.5. The molecule has 3 heterocycles. The lowest BCUT2D eigenvalue weighted by atomic mass is 10.0. The number of rotatable bonds is 5. The average Bonchev–Trinajstić information content (AvgIpc) is 3.30. The van der Waals surface area contributed by atoms with Crippen LogP contribution >= 0.6 is 11.6 Å². The zero-order valence-electron chi connectivity index (χ0n) is 17.6. The number of hydrogen-bond donors (Lipinski definition) is 2. The van der Waals surface area contributed by atoms with Crippen molar-refractivity contribution in [3.63, 3.8) is 0 Å². The van der Waals surface area contributed by atoms with Gasteiger partial charge >= 0.3 is 0 Å². The Bertz CT molecular complexity index is 1620. The molecular formula is C23H16ClF3N6O. The fourth-order valence-corrected chi connectivity index (χ4v) is 4.20. The van der Waals surface area contributed by atoms with Crippen molar-refractivity contribution in [3.8, 4) is 5.69 Å². The van der Waals surface area contributed by atoms with Crippen LogP contribution in [0.2, 0.25) is 5.02 Å². The molecule has 0 fully saturated rings. The maximum atomic E-state index is 14.9. The topological polar surface area (TPSA) is 88.5 Å². The molecule has 11 heteroatoms. The Morgan fingerprint density at radius 2 is 1.91 bits per heavy atom. The predicted molar refractivity (Wildman–Crippen MR) is 123 cm³/mol. The van der Waals surface area contributed by atoms with Crippen LogP contribution in [0.1, 0.15) is 25.1 Å². The molecule has 1 atom stereocenters. The van der Waals surface area contributed by atoms with E-state index in [0.29, 0.717) is 40.5 Å². The number of aromatic amines is 1.